The van der Waals surface area contributed by atoms with Gasteiger partial charge >= 0.3 is 0 Å². The summed E-state index contributed by atoms with van der Waals surface area (Å²) in [7, 11) is 0. The second kappa shape index (κ2) is 8.52. The molecule has 3 aromatic carbocycles. The SMILES string of the molecule is Brc1ccc([C@H]2C[C@@H](c3ccc(Br)cc3)C2CNc2cccc3cccnc23)cc1. The number of halogens is 2. The third-order valence-corrected chi connectivity index (χ3v) is 7.36. The van der Waals surface area contributed by atoms with Crippen molar-refractivity contribution >= 4 is 48.5 Å². The van der Waals surface area contributed by atoms with Gasteiger partial charge in [0.25, 0.3) is 0 Å². The Hall–Kier alpha value is -2.17. The first kappa shape index (κ1) is 19.8. The number of nitrogens with one attached hydrogen (secondary N) is 1. The van der Waals surface area contributed by atoms with Gasteiger partial charge in [0.2, 0.25) is 0 Å². The van der Waals surface area contributed by atoms with Crippen molar-refractivity contribution in [2.24, 2.45) is 5.92 Å². The number of fused-ring (bicyclic) bond motifs is 1. The highest BCUT2D eigenvalue weighted by Gasteiger charge is 2.42. The van der Waals surface area contributed by atoms with Gasteiger partial charge in [-0.25, -0.2) is 0 Å². The quantitative estimate of drug-likeness (QED) is 0.290. The molecule has 1 N–H and O–H groups in total. The molecule has 0 radical (unpaired) electrons. The van der Waals surface area contributed by atoms with Crippen LogP contribution in [-0.4, -0.2) is 11.5 Å². The monoisotopic (exact) mass is 520 g/mol. The van der Waals surface area contributed by atoms with Gasteiger partial charge < -0.3 is 5.32 Å². The van der Waals surface area contributed by atoms with Crippen LogP contribution in [0.15, 0.2) is 94.0 Å². The number of para-hydroxylation sites is 1. The summed E-state index contributed by atoms with van der Waals surface area (Å²) in [6, 6.07) is 28.1. The summed E-state index contributed by atoms with van der Waals surface area (Å²) in [5.74, 6) is 1.65. The van der Waals surface area contributed by atoms with Gasteiger partial charge in [0.1, 0.15) is 0 Å². The Morgan fingerprint density at radius 3 is 2.00 bits per heavy atom. The number of pyridine rings is 1. The van der Waals surface area contributed by atoms with Crippen LogP contribution in [0.5, 0.6) is 0 Å². The molecule has 0 bridgehead atoms. The highest BCUT2D eigenvalue weighted by molar-refractivity contribution is 9.10. The van der Waals surface area contributed by atoms with Gasteiger partial charge in [0.15, 0.2) is 0 Å². The van der Waals surface area contributed by atoms with Crippen LogP contribution in [0.4, 0.5) is 5.69 Å². The fourth-order valence-corrected chi connectivity index (χ4v) is 5.18. The van der Waals surface area contributed by atoms with Gasteiger partial charge in [-0.05, 0) is 71.7 Å². The zero-order valence-corrected chi connectivity index (χ0v) is 19.6. The number of rotatable bonds is 5. The van der Waals surface area contributed by atoms with Crippen LogP contribution in [0.3, 0.4) is 0 Å². The van der Waals surface area contributed by atoms with E-state index >= 15 is 0 Å². The Morgan fingerprint density at radius 2 is 1.37 bits per heavy atom. The second-order valence-corrected chi connectivity index (χ2v) is 9.81. The Bertz CT molecular complexity index is 1100. The first-order valence-corrected chi connectivity index (χ1v) is 11.9. The predicted molar refractivity (Wildman–Crippen MR) is 132 cm³/mol. The maximum Gasteiger partial charge on any atom is 0.0933 e. The lowest BCUT2D eigenvalue weighted by Gasteiger charge is -2.46. The highest BCUT2D eigenvalue weighted by atomic mass is 79.9. The predicted octanol–water partition coefficient (Wildman–Crippen LogP) is 7.76. The molecule has 3 atom stereocenters. The van der Waals surface area contributed by atoms with Gasteiger partial charge in [-0.1, -0.05) is 74.3 Å². The van der Waals surface area contributed by atoms with Crippen molar-refractivity contribution in [1.82, 2.24) is 4.98 Å². The van der Waals surface area contributed by atoms with E-state index in [2.05, 4.69) is 115 Å². The minimum Gasteiger partial charge on any atom is -0.383 e. The summed E-state index contributed by atoms with van der Waals surface area (Å²) in [5, 5.41) is 4.90. The zero-order chi connectivity index (χ0) is 20.5. The minimum atomic E-state index is 0.534. The molecular weight excluding hydrogens is 500 g/mol. The average molecular weight is 522 g/mol. The van der Waals surface area contributed by atoms with Crippen LogP contribution in [0.2, 0.25) is 0 Å². The van der Waals surface area contributed by atoms with Crippen molar-refractivity contribution in [2.45, 2.75) is 18.3 Å². The molecule has 1 fully saturated rings. The third kappa shape index (κ3) is 3.91. The van der Waals surface area contributed by atoms with Crippen LogP contribution >= 0.6 is 31.9 Å². The molecule has 4 heteroatoms. The second-order valence-electron chi connectivity index (χ2n) is 7.98. The van der Waals surface area contributed by atoms with E-state index < -0.39 is 0 Å². The van der Waals surface area contributed by atoms with Crippen molar-refractivity contribution in [2.75, 3.05) is 11.9 Å². The Morgan fingerprint density at radius 1 is 0.767 bits per heavy atom. The number of hydrogen-bond acceptors (Lipinski definition) is 2. The normalized spacial score (nSPS) is 20.7. The van der Waals surface area contributed by atoms with Crippen molar-refractivity contribution in [3.05, 3.63) is 105 Å². The Labute approximate surface area is 194 Å². The van der Waals surface area contributed by atoms with Crippen molar-refractivity contribution in [1.29, 1.82) is 0 Å². The largest absolute Gasteiger partial charge is 0.383 e. The fourth-order valence-electron chi connectivity index (χ4n) is 4.65. The first-order valence-electron chi connectivity index (χ1n) is 10.3. The molecule has 2 nitrogen and oxygen atoms in total. The van der Waals surface area contributed by atoms with E-state index in [1.807, 2.05) is 12.3 Å². The summed E-state index contributed by atoms with van der Waals surface area (Å²) >= 11 is 7.13. The molecule has 30 heavy (non-hydrogen) atoms. The third-order valence-electron chi connectivity index (χ3n) is 6.30. The van der Waals surface area contributed by atoms with E-state index in [4.69, 9.17) is 0 Å². The molecule has 150 valence electrons. The van der Waals surface area contributed by atoms with E-state index in [1.54, 1.807) is 0 Å². The van der Waals surface area contributed by atoms with Gasteiger partial charge in [-0.3, -0.25) is 4.98 Å². The van der Waals surface area contributed by atoms with E-state index in [0.717, 1.165) is 26.7 Å². The van der Waals surface area contributed by atoms with Crippen LogP contribution in [0.25, 0.3) is 10.9 Å². The summed E-state index contributed by atoms with van der Waals surface area (Å²) in [4.78, 5) is 4.60. The number of benzene rings is 3. The summed E-state index contributed by atoms with van der Waals surface area (Å²) in [6.07, 6.45) is 3.05. The molecule has 1 aliphatic carbocycles. The Balaban J connectivity index is 1.42. The standard InChI is InChI=1S/C26H22Br2N2/c27-20-10-6-17(7-11-20)22-15-23(18-8-12-21(28)13-9-18)24(22)16-30-25-5-1-3-19-4-2-14-29-26(19)25/h1-14,22-24,30H,15-16H2/t22-,23+,24?. The molecule has 4 aromatic rings. The number of hydrogen-bond donors (Lipinski definition) is 1. The molecule has 1 saturated carbocycles. The van der Waals surface area contributed by atoms with E-state index in [1.165, 1.54) is 22.9 Å². The molecule has 0 saturated heterocycles. The molecule has 1 aliphatic rings. The number of anilines is 1. The van der Waals surface area contributed by atoms with Gasteiger partial charge in [-0.2, -0.15) is 0 Å². The van der Waals surface area contributed by atoms with Crippen molar-refractivity contribution < 1.29 is 0 Å². The lowest BCUT2D eigenvalue weighted by Crippen LogP contribution is -2.38. The fraction of sp³-hybridized carbons (Fsp3) is 0.192. The topological polar surface area (TPSA) is 24.9 Å². The average Bonchev–Trinajstić information content (AvgIpc) is 2.76. The summed E-state index contributed by atoms with van der Waals surface area (Å²) in [6.45, 7) is 0.928. The zero-order valence-electron chi connectivity index (χ0n) is 16.4. The lowest BCUT2D eigenvalue weighted by molar-refractivity contribution is 0.215. The molecule has 0 amide bonds. The van der Waals surface area contributed by atoms with E-state index in [9.17, 15) is 0 Å². The highest BCUT2D eigenvalue weighted by Crippen LogP contribution is 2.53. The molecule has 1 unspecified atom stereocenters. The van der Waals surface area contributed by atoms with Crippen molar-refractivity contribution in [3.63, 3.8) is 0 Å². The van der Waals surface area contributed by atoms with E-state index in [-0.39, 0.29) is 0 Å². The first-order chi connectivity index (χ1) is 14.7. The van der Waals surface area contributed by atoms with Crippen LogP contribution in [0, 0.1) is 5.92 Å². The van der Waals surface area contributed by atoms with Gasteiger partial charge in [0.05, 0.1) is 11.2 Å². The maximum absolute atomic E-state index is 4.60. The van der Waals surface area contributed by atoms with Gasteiger partial charge in [0, 0.05) is 27.1 Å². The number of nitrogens with zero attached hydrogens (tertiary/aromatic N) is 1. The number of aromatic nitrogens is 1. The maximum atomic E-state index is 4.60. The molecule has 1 aromatic heterocycles. The van der Waals surface area contributed by atoms with E-state index in [0.29, 0.717) is 17.8 Å². The van der Waals surface area contributed by atoms with Crippen LogP contribution < -0.4 is 5.32 Å². The van der Waals surface area contributed by atoms with Gasteiger partial charge in [-0.15, -0.1) is 0 Å². The summed E-state index contributed by atoms with van der Waals surface area (Å²) in [5.41, 5.74) is 5.01. The smallest absolute Gasteiger partial charge is 0.0933 e. The summed E-state index contributed by atoms with van der Waals surface area (Å²) < 4.78 is 2.26. The molecular formula is C26H22Br2N2. The van der Waals surface area contributed by atoms with Crippen LogP contribution in [0.1, 0.15) is 29.4 Å². The molecule has 5 rings (SSSR count). The van der Waals surface area contributed by atoms with Crippen LogP contribution in [-0.2, 0) is 0 Å². The molecule has 1 heterocycles. The van der Waals surface area contributed by atoms with Crippen molar-refractivity contribution in [3.8, 4) is 0 Å². The molecule has 0 spiro atoms. The Kier molecular flexibility index (Phi) is 5.62. The lowest BCUT2D eigenvalue weighted by atomic mass is 9.60. The minimum absolute atomic E-state index is 0.534. The molecule has 0 aliphatic heterocycles.